The van der Waals surface area contributed by atoms with Crippen LogP contribution >= 0.6 is 23.2 Å². The van der Waals surface area contributed by atoms with Crippen LogP contribution in [0.15, 0.2) is 12.1 Å². The van der Waals surface area contributed by atoms with Crippen LogP contribution in [0.5, 0.6) is 5.75 Å². The first-order valence-electron chi connectivity index (χ1n) is 5.12. The molecule has 0 unspecified atom stereocenters. The molecule has 4 N–H and O–H groups in total. The molecule has 16 heavy (non-hydrogen) atoms. The molecular weight excluding hydrogens is 249 g/mol. The molecular formula is C11H13Cl2NO2. The van der Waals surface area contributed by atoms with E-state index in [1.807, 2.05) is 0 Å². The van der Waals surface area contributed by atoms with Gasteiger partial charge in [0.05, 0.1) is 17.2 Å². The maximum atomic E-state index is 9.90. The SMILES string of the molecule is N[C@@H](c1c(O)cc(Cl)cc1Cl)[C@H](O)C1CC1. The topological polar surface area (TPSA) is 66.5 Å². The first kappa shape index (κ1) is 12.0. The zero-order valence-corrected chi connectivity index (χ0v) is 10.0. The van der Waals surface area contributed by atoms with E-state index in [4.69, 9.17) is 28.9 Å². The predicted octanol–water partition coefficient (Wildman–Crippen LogP) is 2.47. The van der Waals surface area contributed by atoms with E-state index in [1.165, 1.54) is 12.1 Å². The molecule has 1 aliphatic rings. The molecule has 0 aromatic heterocycles. The van der Waals surface area contributed by atoms with Crippen LogP contribution in [0, 0.1) is 5.92 Å². The summed E-state index contributed by atoms with van der Waals surface area (Å²) in [5, 5.41) is 20.3. The number of aliphatic hydroxyl groups excluding tert-OH is 1. The van der Waals surface area contributed by atoms with E-state index in [0.29, 0.717) is 10.6 Å². The molecule has 0 bridgehead atoms. The van der Waals surface area contributed by atoms with Crippen molar-refractivity contribution in [2.45, 2.75) is 25.0 Å². The second kappa shape index (κ2) is 4.41. The molecule has 3 nitrogen and oxygen atoms in total. The molecule has 5 heteroatoms. The lowest BCUT2D eigenvalue weighted by atomic mass is 9.98. The van der Waals surface area contributed by atoms with E-state index in [9.17, 15) is 10.2 Å². The van der Waals surface area contributed by atoms with Crippen LogP contribution in [0.25, 0.3) is 0 Å². The highest BCUT2D eigenvalue weighted by atomic mass is 35.5. The van der Waals surface area contributed by atoms with Crippen molar-refractivity contribution in [3.63, 3.8) is 0 Å². The van der Waals surface area contributed by atoms with Crippen LogP contribution in [0.4, 0.5) is 0 Å². The van der Waals surface area contributed by atoms with Crippen LogP contribution in [0.3, 0.4) is 0 Å². The van der Waals surface area contributed by atoms with Gasteiger partial charge in [-0.2, -0.15) is 0 Å². The normalized spacial score (nSPS) is 19.5. The Morgan fingerprint density at radius 3 is 2.44 bits per heavy atom. The number of benzene rings is 1. The third-order valence-corrected chi connectivity index (χ3v) is 3.41. The van der Waals surface area contributed by atoms with Gasteiger partial charge in [-0.1, -0.05) is 23.2 Å². The number of hydrogen-bond acceptors (Lipinski definition) is 3. The van der Waals surface area contributed by atoms with Crippen molar-refractivity contribution in [2.24, 2.45) is 11.7 Å². The smallest absolute Gasteiger partial charge is 0.123 e. The lowest BCUT2D eigenvalue weighted by molar-refractivity contribution is 0.121. The zero-order valence-electron chi connectivity index (χ0n) is 8.53. The fourth-order valence-electron chi connectivity index (χ4n) is 1.80. The molecule has 0 saturated heterocycles. The number of phenols is 1. The van der Waals surface area contributed by atoms with Gasteiger partial charge in [-0.15, -0.1) is 0 Å². The minimum atomic E-state index is -0.669. The van der Waals surface area contributed by atoms with Crippen molar-refractivity contribution < 1.29 is 10.2 Å². The summed E-state index contributed by atoms with van der Waals surface area (Å²) in [5.41, 5.74) is 6.26. The Morgan fingerprint density at radius 2 is 1.94 bits per heavy atom. The van der Waals surface area contributed by atoms with Crippen LogP contribution in [-0.2, 0) is 0 Å². The fourth-order valence-corrected chi connectivity index (χ4v) is 2.41. The van der Waals surface area contributed by atoms with Gasteiger partial charge in [0.15, 0.2) is 0 Å². The summed E-state index contributed by atoms with van der Waals surface area (Å²) >= 11 is 11.7. The number of hydrogen-bond donors (Lipinski definition) is 3. The Bertz CT molecular complexity index is 384. The first-order chi connectivity index (χ1) is 7.50. The number of halogens is 2. The largest absolute Gasteiger partial charge is 0.507 e. The van der Waals surface area contributed by atoms with Crippen LogP contribution in [-0.4, -0.2) is 16.3 Å². The van der Waals surface area contributed by atoms with Crippen LogP contribution in [0.1, 0.15) is 24.4 Å². The molecule has 1 aliphatic carbocycles. The number of nitrogens with two attached hydrogens (primary N) is 1. The molecule has 0 amide bonds. The lowest BCUT2D eigenvalue weighted by Gasteiger charge is -2.21. The third-order valence-electron chi connectivity index (χ3n) is 2.88. The number of rotatable bonds is 3. The van der Waals surface area contributed by atoms with Gasteiger partial charge in [-0.05, 0) is 30.9 Å². The summed E-state index contributed by atoms with van der Waals surface area (Å²) in [6.45, 7) is 0. The lowest BCUT2D eigenvalue weighted by Crippen LogP contribution is -2.28. The molecule has 2 atom stereocenters. The average molecular weight is 262 g/mol. The molecule has 1 saturated carbocycles. The van der Waals surface area contributed by atoms with Gasteiger partial charge in [-0.25, -0.2) is 0 Å². The Labute approximate surface area is 104 Å². The number of phenolic OH excluding ortho intramolecular Hbond substituents is 1. The molecule has 0 spiro atoms. The average Bonchev–Trinajstić information content (AvgIpc) is 2.97. The fraction of sp³-hybridized carbons (Fsp3) is 0.455. The van der Waals surface area contributed by atoms with Crippen molar-refractivity contribution >= 4 is 23.2 Å². The third kappa shape index (κ3) is 2.28. The van der Waals surface area contributed by atoms with E-state index in [1.54, 1.807) is 0 Å². The Balaban J connectivity index is 2.31. The van der Waals surface area contributed by atoms with Crippen molar-refractivity contribution in [1.29, 1.82) is 0 Å². The Hall–Kier alpha value is -0.480. The van der Waals surface area contributed by atoms with Crippen molar-refractivity contribution in [3.8, 4) is 5.75 Å². The second-order valence-corrected chi connectivity index (χ2v) is 5.02. The molecule has 1 fully saturated rings. The van der Waals surface area contributed by atoms with Crippen molar-refractivity contribution in [1.82, 2.24) is 0 Å². The maximum Gasteiger partial charge on any atom is 0.123 e. The van der Waals surface area contributed by atoms with Crippen LogP contribution in [0.2, 0.25) is 10.0 Å². The van der Waals surface area contributed by atoms with Gasteiger partial charge in [0.25, 0.3) is 0 Å². The second-order valence-electron chi connectivity index (χ2n) is 4.17. The monoisotopic (exact) mass is 261 g/mol. The minimum Gasteiger partial charge on any atom is -0.507 e. The van der Waals surface area contributed by atoms with Gasteiger partial charge >= 0.3 is 0 Å². The van der Waals surface area contributed by atoms with Gasteiger partial charge in [0.2, 0.25) is 0 Å². The zero-order chi connectivity index (χ0) is 11.9. The van der Waals surface area contributed by atoms with Gasteiger partial charge in [-0.3, -0.25) is 0 Å². The summed E-state index contributed by atoms with van der Waals surface area (Å²) in [4.78, 5) is 0. The van der Waals surface area contributed by atoms with E-state index in [-0.39, 0.29) is 16.7 Å². The van der Waals surface area contributed by atoms with Crippen molar-refractivity contribution in [3.05, 3.63) is 27.7 Å². The molecule has 0 heterocycles. The maximum absolute atomic E-state index is 9.90. The van der Waals surface area contributed by atoms with E-state index >= 15 is 0 Å². The minimum absolute atomic E-state index is 0.0651. The molecule has 2 rings (SSSR count). The molecule has 1 aromatic carbocycles. The highest BCUT2D eigenvalue weighted by Crippen LogP contribution is 2.41. The van der Waals surface area contributed by atoms with E-state index < -0.39 is 12.1 Å². The highest BCUT2D eigenvalue weighted by molar-refractivity contribution is 6.35. The number of aliphatic hydroxyl groups is 1. The van der Waals surface area contributed by atoms with Gasteiger partial charge < -0.3 is 15.9 Å². The van der Waals surface area contributed by atoms with E-state index in [2.05, 4.69) is 0 Å². The van der Waals surface area contributed by atoms with E-state index in [0.717, 1.165) is 12.8 Å². The standard InChI is InChI=1S/C11H13Cl2NO2/c12-6-3-7(13)9(8(15)4-6)10(14)11(16)5-1-2-5/h3-5,10-11,15-16H,1-2,14H2/t10-,11+/m0/s1. The summed E-state index contributed by atoms with van der Waals surface area (Å²) < 4.78 is 0. The molecule has 88 valence electrons. The molecule has 1 aromatic rings. The number of aromatic hydroxyl groups is 1. The van der Waals surface area contributed by atoms with Crippen LogP contribution < -0.4 is 5.73 Å². The summed E-state index contributed by atoms with van der Waals surface area (Å²) in [5.74, 6) is 0.158. The predicted molar refractivity (Wildman–Crippen MR) is 63.8 cm³/mol. The summed E-state index contributed by atoms with van der Waals surface area (Å²) in [6, 6.07) is 2.22. The summed E-state index contributed by atoms with van der Waals surface area (Å²) in [7, 11) is 0. The van der Waals surface area contributed by atoms with Gasteiger partial charge in [0.1, 0.15) is 5.75 Å². The van der Waals surface area contributed by atoms with Crippen molar-refractivity contribution in [2.75, 3.05) is 0 Å². The Morgan fingerprint density at radius 1 is 1.31 bits per heavy atom. The summed E-state index contributed by atoms with van der Waals surface area (Å²) in [6.07, 6.45) is 1.28. The first-order valence-corrected chi connectivity index (χ1v) is 5.88. The Kier molecular flexibility index (Phi) is 3.31. The van der Waals surface area contributed by atoms with Gasteiger partial charge in [0, 0.05) is 10.6 Å². The highest BCUT2D eigenvalue weighted by Gasteiger charge is 2.36. The quantitative estimate of drug-likeness (QED) is 0.783. The molecule has 0 aliphatic heterocycles. The molecule has 0 radical (unpaired) electrons.